The maximum absolute atomic E-state index is 13.7. The molecule has 0 saturated heterocycles. The van der Waals surface area contributed by atoms with Crippen LogP contribution < -0.4 is 24.4 Å². The fraction of sp³-hybridized carbons (Fsp3) is 0.179. The van der Waals surface area contributed by atoms with Crippen molar-refractivity contribution >= 4 is 34.7 Å². The number of fused-ring (bicyclic) bond motifs is 1. The van der Waals surface area contributed by atoms with Gasteiger partial charge < -0.3 is 14.2 Å². The zero-order valence-corrected chi connectivity index (χ0v) is 22.1. The van der Waals surface area contributed by atoms with E-state index in [2.05, 4.69) is 4.99 Å². The summed E-state index contributed by atoms with van der Waals surface area (Å²) in [7, 11) is 3.16. The van der Waals surface area contributed by atoms with E-state index < -0.39 is 12.0 Å². The van der Waals surface area contributed by atoms with Crippen molar-refractivity contribution in [3.63, 3.8) is 0 Å². The SMILES string of the molecule is COc1ccc(/C=c2/sc3n(c2=O)[C@H](c2cccs2)C(C(=O)OCc2ccccc2)=C(C)N=3)c(OC)c1. The highest BCUT2D eigenvalue weighted by molar-refractivity contribution is 7.10. The van der Waals surface area contributed by atoms with Gasteiger partial charge in [0.15, 0.2) is 4.80 Å². The van der Waals surface area contributed by atoms with Gasteiger partial charge in [-0.25, -0.2) is 9.79 Å². The molecule has 0 unspecified atom stereocenters. The Hall–Kier alpha value is -3.95. The van der Waals surface area contributed by atoms with Crippen molar-refractivity contribution in [2.75, 3.05) is 14.2 Å². The predicted octanol–water partition coefficient (Wildman–Crippen LogP) is 4.06. The number of methoxy groups -OCH3 is 2. The normalized spacial score (nSPS) is 15.2. The number of allylic oxidation sites excluding steroid dienone is 1. The molecule has 9 heteroatoms. The Bertz CT molecular complexity index is 1650. The predicted molar refractivity (Wildman–Crippen MR) is 144 cm³/mol. The molecule has 188 valence electrons. The van der Waals surface area contributed by atoms with Crippen molar-refractivity contribution < 1.29 is 19.0 Å². The third kappa shape index (κ3) is 4.87. The largest absolute Gasteiger partial charge is 0.497 e. The molecular weight excluding hydrogens is 508 g/mol. The molecule has 0 N–H and O–H groups in total. The highest BCUT2D eigenvalue weighted by Crippen LogP contribution is 2.33. The third-order valence-corrected chi connectivity index (χ3v) is 7.90. The molecule has 1 aliphatic heterocycles. The number of esters is 1. The molecule has 0 amide bonds. The number of benzene rings is 2. The van der Waals surface area contributed by atoms with Crippen LogP contribution in [0.15, 0.2) is 87.1 Å². The molecule has 1 aliphatic rings. The van der Waals surface area contributed by atoms with E-state index in [9.17, 15) is 9.59 Å². The summed E-state index contributed by atoms with van der Waals surface area (Å²) >= 11 is 2.75. The van der Waals surface area contributed by atoms with Crippen molar-refractivity contribution in [1.29, 1.82) is 0 Å². The summed E-state index contributed by atoms with van der Waals surface area (Å²) in [5, 5.41) is 1.93. The quantitative estimate of drug-likeness (QED) is 0.336. The van der Waals surface area contributed by atoms with Crippen LogP contribution in [0.1, 0.15) is 29.0 Å². The van der Waals surface area contributed by atoms with Crippen LogP contribution in [0.3, 0.4) is 0 Å². The van der Waals surface area contributed by atoms with Crippen molar-refractivity contribution in [2.24, 2.45) is 4.99 Å². The monoisotopic (exact) mass is 532 g/mol. The summed E-state index contributed by atoms with van der Waals surface area (Å²) < 4.78 is 18.5. The fourth-order valence-electron chi connectivity index (χ4n) is 4.18. The Kier molecular flexibility index (Phi) is 7.07. The molecule has 37 heavy (non-hydrogen) atoms. The number of aromatic nitrogens is 1. The Balaban J connectivity index is 1.59. The molecule has 0 bridgehead atoms. The molecular formula is C28H24N2O5S2. The minimum atomic E-state index is -0.626. The Morgan fingerprint density at radius 1 is 1.08 bits per heavy atom. The summed E-state index contributed by atoms with van der Waals surface area (Å²) in [6.45, 7) is 1.92. The van der Waals surface area contributed by atoms with E-state index in [4.69, 9.17) is 14.2 Å². The number of carbonyl (C=O) groups excluding carboxylic acids is 1. The Morgan fingerprint density at radius 2 is 1.89 bits per heavy atom. The molecule has 0 saturated carbocycles. The van der Waals surface area contributed by atoms with E-state index in [-0.39, 0.29) is 12.2 Å². The van der Waals surface area contributed by atoms with Crippen LogP contribution in [-0.4, -0.2) is 24.8 Å². The third-order valence-electron chi connectivity index (χ3n) is 5.99. The lowest BCUT2D eigenvalue weighted by Gasteiger charge is -2.23. The molecule has 2 aromatic carbocycles. The first-order chi connectivity index (χ1) is 18.0. The molecule has 3 heterocycles. The fourth-order valence-corrected chi connectivity index (χ4v) is 6.04. The minimum Gasteiger partial charge on any atom is -0.497 e. The van der Waals surface area contributed by atoms with Crippen LogP contribution in [-0.2, 0) is 16.1 Å². The number of nitrogens with zero attached hydrogens (tertiary/aromatic N) is 2. The molecule has 0 fully saturated rings. The van der Waals surface area contributed by atoms with E-state index in [1.165, 1.54) is 22.7 Å². The lowest BCUT2D eigenvalue weighted by molar-refractivity contribution is -0.140. The van der Waals surface area contributed by atoms with Crippen molar-refractivity contribution in [1.82, 2.24) is 4.57 Å². The number of rotatable bonds is 7. The second kappa shape index (κ2) is 10.6. The van der Waals surface area contributed by atoms with Crippen molar-refractivity contribution in [2.45, 2.75) is 19.6 Å². The number of hydrogen-bond donors (Lipinski definition) is 0. The van der Waals surface area contributed by atoms with Gasteiger partial charge in [0.05, 0.1) is 30.0 Å². The first kappa shape index (κ1) is 24.7. The van der Waals surface area contributed by atoms with E-state index >= 15 is 0 Å². The summed E-state index contributed by atoms with van der Waals surface area (Å²) in [5.74, 6) is 0.749. The van der Waals surface area contributed by atoms with E-state index in [1.54, 1.807) is 37.9 Å². The topological polar surface area (TPSA) is 79.1 Å². The Morgan fingerprint density at radius 3 is 2.59 bits per heavy atom. The number of carbonyl (C=O) groups is 1. The van der Waals surface area contributed by atoms with Crippen LogP contribution in [0.2, 0.25) is 0 Å². The summed E-state index contributed by atoms with van der Waals surface area (Å²) in [6.07, 6.45) is 1.78. The molecule has 7 nitrogen and oxygen atoms in total. The smallest absolute Gasteiger partial charge is 0.338 e. The maximum atomic E-state index is 13.7. The standard InChI is InChI=1S/C28H24N2O5S2/c1-17-24(27(32)35-16-18-8-5-4-6-9-18)25(22-10-7-13-36-22)30-26(31)23(37-28(30)29-17)14-19-11-12-20(33-2)15-21(19)34-3/h4-15,25H,16H2,1-3H3/b23-14+/t25-/m1/s1. The zero-order valence-electron chi connectivity index (χ0n) is 20.5. The van der Waals surface area contributed by atoms with Gasteiger partial charge >= 0.3 is 5.97 Å². The number of hydrogen-bond acceptors (Lipinski definition) is 8. The maximum Gasteiger partial charge on any atom is 0.338 e. The van der Waals surface area contributed by atoms with E-state index in [1.807, 2.05) is 60.0 Å². The van der Waals surface area contributed by atoms with Crippen LogP contribution in [0.5, 0.6) is 11.5 Å². The van der Waals surface area contributed by atoms with E-state index in [0.29, 0.717) is 32.1 Å². The summed E-state index contributed by atoms with van der Waals surface area (Å²) in [5.41, 5.74) is 2.28. The van der Waals surface area contributed by atoms with E-state index in [0.717, 1.165) is 16.0 Å². The number of thiophene rings is 1. The van der Waals surface area contributed by atoms with Gasteiger partial charge in [0, 0.05) is 16.5 Å². The van der Waals surface area contributed by atoms with Gasteiger partial charge in [-0.3, -0.25) is 9.36 Å². The lowest BCUT2D eigenvalue weighted by atomic mass is 10.0. The second-order valence-corrected chi connectivity index (χ2v) is 10.3. The Labute approximate surface area is 221 Å². The van der Waals surface area contributed by atoms with Gasteiger partial charge in [-0.05, 0) is 42.1 Å². The molecule has 0 spiro atoms. The van der Waals surface area contributed by atoms with Gasteiger partial charge in [-0.1, -0.05) is 47.7 Å². The van der Waals surface area contributed by atoms with Crippen LogP contribution in [0, 0.1) is 0 Å². The average molecular weight is 533 g/mol. The lowest BCUT2D eigenvalue weighted by Crippen LogP contribution is -2.39. The van der Waals surface area contributed by atoms with Crippen LogP contribution in [0.4, 0.5) is 0 Å². The summed E-state index contributed by atoms with van der Waals surface area (Å²) in [6, 6.07) is 18.1. The molecule has 0 aliphatic carbocycles. The first-order valence-electron chi connectivity index (χ1n) is 11.5. The van der Waals surface area contributed by atoms with Crippen molar-refractivity contribution in [3.8, 4) is 11.5 Å². The van der Waals surface area contributed by atoms with Gasteiger partial charge in [0.25, 0.3) is 5.56 Å². The number of thiazole rings is 1. The summed E-state index contributed by atoms with van der Waals surface area (Å²) in [4.78, 5) is 33.1. The number of ether oxygens (including phenoxy) is 3. The first-order valence-corrected chi connectivity index (χ1v) is 13.2. The zero-order chi connectivity index (χ0) is 25.9. The van der Waals surface area contributed by atoms with Crippen LogP contribution >= 0.6 is 22.7 Å². The highest BCUT2D eigenvalue weighted by atomic mass is 32.1. The van der Waals surface area contributed by atoms with Gasteiger partial charge in [-0.2, -0.15) is 0 Å². The van der Waals surface area contributed by atoms with Gasteiger partial charge in [0.1, 0.15) is 24.1 Å². The van der Waals surface area contributed by atoms with Gasteiger partial charge in [-0.15, -0.1) is 11.3 Å². The van der Waals surface area contributed by atoms with Gasteiger partial charge in [0.2, 0.25) is 0 Å². The second-order valence-electron chi connectivity index (χ2n) is 8.27. The molecule has 4 aromatic rings. The average Bonchev–Trinajstić information content (AvgIpc) is 3.56. The molecule has 2 aromatic heterocycles. The molecule has 0 radical (unpaired) electrons. The van der Waals surface area contributed by atoms with Crippen LogP contribution in [0.25, 0.3) is 6.08 Å². The minimum absolute atomic E-state index is 0.134. The molecule has 5 rings (SSSR count). The molecule has 1 atom stereocenters. The highest BCUT2D eigenvalue weighted by Gasteiger charge is 2.34. The van der Waals surface area contributed by atoms with Crippen molar-refractivity contribution in [3.05, 3.63) is 113 Å².